The van der Waals surface area contributed by atoms with Crippen molar-refractivity contribution in [3.8, 4) is 0 Å². The van der Waals surface area contributed by atoms with Crippen molar-refractivity contribution in [1.82, 2.24) is 9.13 Å². The lowest BCUT2D eigenvalue weighted by atomic mass is 10.1. The monoisotopic (exact) mass is 248 g/mol. The highest BCUT2D eigenvalue weighted by Gasteiger charge is 2.11. The lowest BCUT2D eigenvalue weighted by Crippen LogP contribution is -2.19. The zero-order valence-electron chi connectivity index (χ0n) is 10.5. The summed E-state index contributed by atoms with van der Waals surface area (Å²) < 4.78 is 3.22. The SMILES string of the molecule is Cn1c(=O)n(C)c2c(CCCC(=O)O)cccc21. The molecule has 5 heteroatoms. The average Bonchev–Trinajstić information content (AvgIpc) is 2.55. The van der Waals surface area contributed by atoms with E-state index in [0.29, 0.717) is 12.8 Å². The van der Waals surface area contributed by atoms with Crippen LogP contribution in [0.2, 0.25) is 0 Å². The van der Waals surface area contributed by atoms with Gasteiger partial charge in [0.15, 0.2) is 0 Å². The van der Waals surface area contributed by atoms with Crippen molar-refractivity contribution in [3.05, 3.63) is 34.2 Å². The van der Waals surface area contributed by atoms with Gasteiger partial charge in [0.25, 0.3) is 0 Å². The Morgan fingerprint density at radius 2 is 2.00 bits per heavy atom. The predicted octanol–water partition coefficient (Wildman–Crippen LogP) is 1.28. The molecule has 0 unspecified atom stereocenters. The Morgan fingerprint density at radius 1 is 1.28 bits per heavy atom. The molecule has 96 valence electrons. The van der Waals surface area contributed by atoms with Crippen molar-refractivity contribution < 1.29 is 9.90 Å². The fourth-order valence-corrected chi connectivity index (χ4v) is 2.29. The smallest absolute Gasteiger partial charge is 0.328 e. The first-order valence-electron chi connectivity index (χ1n) is 5.87. The molecule has 0 fully saturated rings. The van der Waals surface area contributed by atoms with Crippen molar-refractivity contribution in [2.45, 2.75) is 19.3 Å². The van der Waals surface area contributed by atoms with Crippen molar-refractivity contribution in [2.24, 2.45) is 14.1 Å². The van der Waals surface area contributed by atoms with Gasteiger partial charge >= 0.3 is 11.7 Å². The van der Waals surface area contributed by atoms with E-state index in [9.17, 15) is 9.59 Å². The number of hydrogen-bond donors (Lipinski definition) is 1. The number of aryl methyl sites for hydroxylation is 3. The summed E-state index contributed by atoms with van der Waals surface area (Å²) in [6.45, 7) is 0. The molecule has 0 radical (unpaired) electrons. The number of aromatic nitrogens is 2. The Morgan fingerprint density at radius 3 is 2.67 bits per heavy atom. The molecule has 0 aliphatic rings. The van der Waals surface area contributed by atoms with Gasteiger partial charge in [0.05, 0.1) is 11.0 Å². The summed E-state index contributed by atoms with van der Waals surface area (Å²) in [7, 11) is 3.48. The molecule has 0 saturated carbocycles. The maximum absolute atomic E-state index is 11.9. The first kappa shape index (κ1) is 12.4. The zero-order chi connectivity index (χ0) is 13.3. The zero-order valence-corrected chi connectivity index (χ0v) is 10.5. The second-order valence-corrected chi connectivity index (χ2v) is 4.43. The second kappa shape index (κ2) is 4.68. The van der Waals surface area contributed by atoms with E-state index in [0.717, 1.165) is 16.6 Å². The summed E-state index contributed by atoms with van der Waals surface area (Å²) in [5.74, 6) is -0.788. The fraction of sp³-hybridized carbons (Fsp3) is 0.385. The lowest BCUT2D eigenvalue weighted by Gasteiger charge is -2.04. The Balaban J connectivity index is 2.42. The van der Waals surface area contributed by atoms with Crippen LogP contribution in [0.4, 0.5) is 0 Å². The van der Waals surface area contributed by atoms with Gasteiger partial charge < -0.3 is 5.11 Å². The highest BCUT2D eigenvalue weighted by atomic mass is 16.4. The molecule has 1 N–H and O–H groups in total. The van der Waals surface area contributed by atoms with Crippen molar-refractivity contribution in [1.29, 1.82) is 0 Å². The first-order chi connectivity index (χ1) is 8.52. The Bertz CT molecular complexity index is 652. The van der Waals surface area contributed by atoms with Gasteiger partial charge in [0.2, 0.25) is 0 Å². The summed E-state index contributed by atoms with van der Waals surface area (Å²) in [6.07, 6.45) is 1.40. The molecule has 1 heterocycles. The van der Waals surface area contributed by atoms with E-state index in [1.165, 1.54) is 0 Å². The summed E-state index contributed by atoms with van der Waals surface area (Å²) in [6, 6.07) is 5.75. The number of aliphatic carboxylic acids is 1. The lowest BCUT2D eigenvalue weighted by molar-refractivity contribution is -0.137. The molecule has 0 spiro atoms. The predicted molar refractivity (Wildman–Crippen MR) is 68.7 cm³/mol. The summed E-state index contributed by atoms with van der Waals surface area (Å²) in [4.78, 5) is 22.4. The minimum atomic E-state index is -0.788. The van der Waals surface area contributed by atoms with E-state index < -0.39 is 5.97 Å². The third kappa shape index (κ3) is 2.03. The van der Waals surface area contributed by atoms with Gasteiger partial charge in [-0.15, -0.1) is 0 Å². The van der Waals surface area contributed by atoms with Crippen LogP contribution in [0, 0.1) is 0 Å². The van der Waals surface area contributed by atoms with Gasteiger partial charge in [0, 0.05) is 20.5 Å². The summed E-state index contributed by atoms with van der Waals surface area (Å²) in [5, 5.41) is 8.65. The van der Waals surface area contributed by atoms with Gasteiger partial charge in [-0.05, 0) is 24.5 Å². The van der Waals surface area contributed by atoms with Gasteiger partial charge in [-0.1, -0.05) is 12.1 Å². The van der Waals surface area contributed by atoms with Crippen LogP contribution in [0.25, 0.3) is 11.0 Å². The maximum Gasteiger partial charge on any atom is 0.328 e. The second-order valence-electron chi connectivity index (χ2n) is 4.43. The van der Waals surface area contributed by atoms with Gasteiger partial charge in [0.1, 0.15) is 0 Å². The quantitative estimate of drug-likeness (QED) is 0.886. The minimum Gasteiger partial charge on any atom is -0.481 e. The Kier molecular flexibility index (Phi) is 3.23. The molecule has 0 aliphatic heterocycles. The Labute approximate surface area is 104 Å². The molecule has 2 aromatic rings. The number of benzene rings is 1. The van der Waals surface area contributed by atoms with E-state index in [1.54, 1.807) is 23.2 Å². The average molecular weight is 248 g/mol. The number of rotatable bonds is 4. The van der Waals surface area contributed by atoms with Crippen molar-refractivity contribution >= 4 is 17.0 Å². The van der Waals surface area contributed by atoms with Crippen LogP contribution < -0.4 is 5.69 Å². The number of fused-ring (bicyclic) bond motifs is 1. The highest BCUT2D eigenvalue weighted by Crippen LogP contribution is 2.18. The number of para-hydroxylation sites is 1. The standard InChI is InChI=1S/C13H16N2O3/c1-14-10-7-3-5-9(6-4-8-11(16)17)12(10)15(2)13(14)18/h3,5,7H,4,6,8H2,1-2H3,(H,16,17). The van der Waals surface area contributed by atoms with Crippen LogP contribution in [0.15, 0.2) is 23.0 Å². The number of carboxylic acid groups (broad SMARTS) is 1. The Hall–Kier alpha value is -2.04. The fourth-order valence-electron chi connectivity index (χ4n) is 2.29. The molecule has 2 rings (SSSR count). The molecule has 1 aromatic heterocycles. The van der Waals surface area contributed by atoms with Gasteiger partial charge in [-0.2, -0.15) is 0 Å². The largest absolute Gasteiger partial charge is 0.481 e. The normalized spacial score (nSPS) is 11.0. The van der Waals surface area contributed by atoms with Crippen LogP contribution in [-0.2, 0) is 25.3 Å². The number of imidazole rings is 1. The van der Waals surface area contributed by atoms with Crippen LogP contribution in [0.5, 0.6) is 0 Å². The molecule has 0 aliphatic carbocycles. The number of carboxylic acids is 1. The molecular formula is C13H16N2O3. The van der Waals surface area contributed by atoms with E-state index in [2.05, 4.69) is 0 Å². The highest BCUT2D eigenvalue weighted by molar-refractivity contribution is 5.79. The number of hydrogen-bond acceptors (Lipinski definition) is 2. The number of carbonyl (C=O) groups is 1. The summed E-state index contributed by atoms with van der Waals surface area (Å²) >= 11 is 0. The molecule has 0 atom stereocenters. The van der Waals surface area contributed by atoms with E-state index >= 15 is 0 Å². The molecular weight excluding hydrogens is 232 g/mol. The van der Waals surface area contributed by atoms with Crippen molar-refractivity contribution in [2.75, 3.05) is 0 Å². The first-order valence-corrected chi connectivity index (χ1v) is 5.87. The maximum atomic E-state index is 11.9. The van der Waals surface area contributed by atoms with E-state index in [4.69, 9.17) is 5.11 Å². The van der Waals surface area contributed by atoms with Crippen LogP contribution in [-0.4, -0.2) is 20.2 Å². The van der Waals surface area contributed by atoms with Gasteiger partial charge in [-0.3, -0.25) is 13.9 Å². The van der Waals surface area contributed by atoms with E-state index in [1.807, 2.05) is 18.2 Å². The topological polar surface area (TPSA) is 64.2 Å². The molecule has 5 nitrogen and oxygen atoms in total. The van der Waals surface area contributed by atoms with Crippen LogP contribution in [0.1, 0.15) is 18.4 Å². The minimum absolute atomic E-state index is 0.0596. The molecule has 0 amide bonds. The van der Waals surface area contributed by atoms with Gasteiger partial charge in [-0.25, -0.2) is 4.79 Å². The van der Waals surface area contributed by atoms with Crippen molar-refractivity contribution in [3.63, 3.8) is 0 Å². The van der Waals surface area contributed by atoms with Crippen LogP contribution >= 0.6 is 0 Å². The summed E-state index contributed by atoms with van der Waals surface area (Å²) in [5.41, 5.74) is 2.75. The van der Waals surface area contributed by atoms with Crippen LogP contribution in [0.3, 0.4) is 0 Å². The number of nitrogens with zero attached hydrogens (tertiary/aromatic N) is 2. The molecule has 0 saturated heterocycles. The molecule has 18 heavy (non-hydrogen) atoms. The third-order valence-corrected chi connectivity index (χ3v) is 3.21. The van der Waals surface area contributed by atoms with E-state index in [-0.39, 0.29) is 12.1 Å². The molecule has 0 bridgehead atoms. The molecule has 1 aromatic carbocycles. The third-order valence-electron chi connectivity index (χ3n) is 3.21.